The maximum absolute atomic E-state index is 12.5. The SMILES string of the molecule is CC(C)(C)C(=O)C(C)(C)CCC(C)(C)C(=O)C(C)(C)C. The minimum atomic E-state index is -0.381. The molecule has 0 saturated carbocycles. The van der Waals surface area contributed by atoms with Gasteiger partial charge in [-0.05, 0) is 12.8 Å². The summed E-state index contributed by atoms with van der Waals surface area (Å²) < 4.78 is 0. The lowest BCUT2D eigenvalue weighted by atomic mass is 9.67. The molecule has 0 atom stereocenters. The molecule has 0 aromatic rings. The van der Waals surface area contributed by atoms with Gasteiger partial charge in [0.25, 0.3) is 0 Å². The van der Waals surface area contributed by atoms with E-state index in [4.69, 9.17) is 0 Å². The lowest BCUT2D eigenvalue weighted by Crippen LogP contribution is -2.39. The Balaban J connectivity index is 4.94. The standard InChI is InChI=1S/C18H34O2/c1-15(2,3)13(19)17(7,8)11-12-18(9,10)14(20)16(4,5)6/h11-12H2,1-10H3. The Labute approximate surface area is 125 Å². The summed E-state index contributed by atoms with van der Waals surface area (Å²) in [5.41, 5.74) is -1.43. The third-order valence-electron chi connectivity index (χ3n) is 3.97. The van der Waals surface area contributed by atoms with Crippen molar-refractivity contribution in [1.82, 2.24) is 0 Å². The highest BCUT2D eigenvalue weighted by atomic mass is 16.1. The maximum atomic E-state index is 12.5. The van der Waals surface area contributed by atoms with Gasteiger partial charge >= 0.3 is 0 Å². The summed E-state index contributed by atoms with van der Waals surface area (Å²) in [6.07, 6.45) is 1.50. The topological polar surface area (TPSA) is 34.1 Å². The fourth-order valence-corrected chi connectivity index (χ4v) is 2.88. The third-order valence-corrected chi connectivity index (χ3v) is 3.97. The van der Waals surface area contributed by atoms with Crippen molar-refractivity contribution < 1.29 is 9.59 Å². The van der Waals surface area contributed by atoms with E-state index < -0.39 is 0 Å². The van der Waals surface area contributed by atoms with Crippen LogP contribution >= 0.6 is 0 Å². The van der Waals surface area contributed by atoms with Gasteiger partial charge in [-0.3, -0.25) is 9.59 Å². The van der Waals surface area contributed by atoms with Crippen LogP contribution in [0.1, 0.15) is 82.1 Å². The average Bonchev–Trinajstić information content (AvgIpc) is 2.22. The molecule has 0 unspecified atom stereocenters. The summed E-state index contributed by atoms with van der Waals surface area (Å²) in [5.74, 6) is 0.535. The smallest absolute Gasteiger partial charge is 0.143 e. The van der Waals surface area contributed by atoms with Gasteiger partial charge in [-0.1, -0.05) is 69.2 Å². The number of hydrogen-bond acceptors (Lipinski definition) is 2. The fraction of sp³-hybridized carbons (Fsp3) is 0.889. The number of carbonyl (C=O) groups excluding carboxylic acids is 2. The molecule has 0 aliphatic rings. The van der Waals surface area contributed by atoms with Crippen molar-refractivity contribution in [3.8, 4) is 0 Å². The quantitative estimate of drug-likeness (QED) is 0.707. The molecule has 0 amide bonds. The van der Waals surface area contributed by atoms with E-state index in [0.29, 0.717) is 0 Å². The van der Waals surface area contributed by atoms with E-state index in [-0.39, 0.29) is 33.2 Å². The van der Waals surface area contributed by atoms with Crippen molar-refractivity contribution in [3.05, 3.63) is 0 Å². The first-order valence-electron chi connectivity index (χ1n) is 7.62. The molecular formula is C18H34O2. The third kappa shape index (κ3) is 5.03. The Morgan fingerprint density at radius 3 is 0.900 bits per heavy atom. The van der Waals surface area contributed by atoms with Crippen molar-refractivity contribution >= 4 is 11.6 Å². The molecule has 2 nitrogen and oxygen atoms in total. The molecule has 0 rings (SSSR count). The lowest BCUT2D eigenvalue weighted by Gasteiger charge is -2.36. The Hall–Kier alpha value is -0.660. The van der Waals surface area contributed by atoms with Crippen LogP contribution in [0.15, 0.2) is 0 Å². The molecule has 0 fully saturated rings. The fourth-order valence-electron chi connectivity index (χ4n) is 2.88. The Kier molecular flexibility index (Phi) is 5.43. The summed E-state index contributed by atoms with van der Waals surface area (Å²) >= 11 is 0. The van der Waals surface area contributed by atoms with Gasteiger partial charge < -0.3 is 0 Å². The molecule has 20 heavy (non-hydrogen) atoms. The van der Waals surface area contributed by atoms with Crippen molar-refractivity contribution in [2.24, 2.45) is 21.7 Å². The maximum Gasteiger partial charge on any atom is 0.143 e. The Bertz CT molecular complexity index is 335. The van der Waals surface area contributed by atoms with Crippen LogP contribution in [0, 0.1) is 21.7 Å². The number of hydrogen-bond donors (Lipinski definition) is 0. The number of Topliss-reactive ketones (excluding diaryl/α,β-unsaturated/α-hetero) is 2. The second-order valence-corrected chi connectivity index (χ2v) is 9.43. The molecule has 0 N–H and O–H groups in total. The number of carbonyl (C=O) groups is 2. The molecule has 0 aliphatic carbocycles. The molecule has 118 valence electrons. The first kappa shape index (κ1) is 19.3. The van der Waals surface area contributed by atoms with Gasteiger partial charge in [-0.15, -0.1) is 0 Å². The van der Waals surface area contributed by atoms with Crippen LogP contribution < -0.4 is 0 Å². The van der Waals surface area contributed by atoms with Gasteiger partial charge in [-0.2, -0.15) is 0 Å². The highest BCUT2D eigenvalue weighted by Crippen LogP contribution is 2.39. The molecule has 0 aromatic heterocycles. The predicted octanol–water partition coefficient (Wildman–Crippen LogP) is 5.05. The highest BCUT2D eigenvalue weighted by Gasteiger charge is 2.40. The van der Waals surface area contributed by atoms with Crippen LogP contribution in [0.2, 0.25) is 0 Å². The minimum absolute atomic E-state index is 0.268. The highest BCUT2D eigenvalue weighted by molar-refractivity contribution is 5.90. The van der Waals surface area contributed by atoms with E-state index in [1.54, 1.807) is 0 Å². The second-order valence-electron chi connectivity index (χ2n) is 9.43. The normalized spacial score (nSPS) is 14.3. The molecule has 0 saturated heterocycles. The predicted molar refractivity (Wildman–Crippen MR) is 85.7 cm³/mol. The Morgan fingerprint density at radius 2 is 0.750 bits per heavy atom. The van der Waals surface area contributed by atoms with Crippen LogP contribution in [0.5, 0.6) is 0 Å². The zero-order valence-electron chi connectivity index (χ0n) is 15.2. The summed E-state index contributed by atoms with van der Waals surface area (Å²) in [6, 6.07) is 0. The molecular weight excluding hydrogens is 248 g/mol. The van der Waals surface area contributed by atoms with E-state index in [1.807, 2.05) is 69.2 Å². The minimum Gasteiger partial charge on any atom is -0.299 e. The van der Waals surface area contributed by atoms with Crippen molar-refractivity contribution in [1.29, 1.82) is 0 Å². The summed E-state index contributed by atoms with van der Waals surface area (Å²) in [4.78, 5) is 25.0. The molecule has 0 radical (unpaired) electrons. The van der Waals surface area contributed by atoms with Gasteiger partial charge in [0.2, 0.25) is 0 Å². The molecule has 0 bridgehead atoms. The lowest BCUT2D eigenvalue weighted by molar-refractivity contribution is -0.139. The van der Waals surface area contributed by atoms with E-state index in [2.05, 4.69) is 0 Å². The zero-order valence-corrected chi connectivity index (χ0v) is 15.2. The van der Waals surface area contributed by atoms with Crippen LogP contribution in [-0.4, -0.2) is 11.6 Å². The van der Waals surface area contributed by atoms with E-state index in [1.165, 1.54) is 0 Å². The molecule has 2 heteroatoms. The van der Waals surface area contributed by atoms with Crippen LogP contribution in [0.25, 0.3) is 0 Å². The summed E-state index contributed by atoms with van der Waals surface area (Å²) in [7, 11) is 0. The van der Waals surface area contributed by atoms with Crippen LogP contribution in [0.3, 0.4) is 0 Å². The van der Waals surface area contributed by atoms with E-state index >= 15 is 0 Å². The van der Waals surface area contributed by atoms with Gasteiger partial charge in [-0.25, -0.2) is 0 Å². The largest absolute Gasteiger partial charge is 0.299 e. The van der Waals surface area contributed by atoms with Crippen molar-refractivity contribution in [3.63, 3.8) is 0 Å². The van der Waals surface area contributed by atoms with Gasteiger partial charge in [0.15, 0.2) is 0 Å². The first-order valence-corrected chi connectivity index (χ1v) is 7.62. The molecule has 0 aliphatic heterocycles. The Morgan fingerprint density at radius 1 is 0.550 bits per heavy atom. The average molecular weight is 282 g/mol. The van der Waals surface area contributed by atoms with Gasteiger partial charge in [0, 0.05) is 21.7 Å². The van der Waals surface area contributed by atoms with Gasteiger partial charge in [0.05, 0.1) is 0 Å². The monoisotopic (exact) mass is 282 g/mol. The molecule has 0 spiro atoms. The van der Waals surface area contributed by atoms with Gasteiger partial charge in [0.1, 0.15) is 11.6 Å². The van der Waals surface area contributed by atoms with Crippen molar-refractivity contribution in [2.75, 3.05) is 0 Å². The second kappa shape index (κ2) is 5.61. The molecule has 0 aromatic carbocycles. The van der Waals surface area contributed by atoms with Crippen LogP contribution in [0.4, 0.5) is 0 Å². The number of ketones is 2. The molecule has 0 heterocycles. The first-order chi connectivity index (χ1) is 8.52. The zero-order chi connectivity index (χ0) is 16.6. The van der Waals surface area contributed by atoms with Crippen molar-refractivity contribution in [2.45, 2.75) is 82.1 Å². The van der Waals surface area contributed by atoms with E-state index in [9.17, 15) is 9.59 Å². The summed E-state index contributed by atoms with van der Waals surface area (Å²) in [5, 5.41) is 0. The summed E-state index contributed by atoms with van der Waals surface area (Å²) in [6.45, 7) is 19.8. The number of rotatable bonds is 5. The van der Waals surface area contributed by atoms with Crippen LogP contribution in [-0.2, 0) is 9.59 Å². The van der Waals surface area contributed by atoms with E-state index in [0.717, 1.165) is 12.8 Å².